The van der Waals surface area contributed by atoms with Gasteiger partial charge in [-0.25, -0.2) is 0 Å². The second-order valence-corrected chi connectivity index (χ2v) is 6.93. The molecule has 3 unspecified atom stereocenters. The van der Waals surface area contributed by atoms with Crippen LogP contribution in [0.5, 0.6) is 5.75 Å². The summed E-state index contributed by atoms with van der Waals surface area (Å²) in [5.74, 6) is 2.37. The van der Waals surface area contributed by atoms with Crippen LogP contribution in [0.25, 0.3) is 0 Å². The van der Waals surface area contributed by atoms with E-state index in [0.717, 1.165) is 49.3 Å². The van der Waals surface area contributed by atoms with Gasteiger partial charge >= 0.3 is 0 Å². The summed E-state index contributed by atoms with van der Waals surface area (Å²) in [7, 11) is 0. The van der Waals surface area contributed by atoms with Crippen molar-refractivity contribution in [2.24, 2.45) is 11.8 Å². The predicted molar refractivity (Wildman–Crippen MR) is 87.7 cm³/mol. The van der Waals surface area contributed by atoms with Crippen molar-refractivity contribution in [3.8, 4) is 5.75 Å². The Balaban J connectivity index is 1.44. The second kappa shape index (κ2) is 7.30. The first-order valence-corrected chi connectivity index (χ1v) is 8.70. The van der Waals surface area contributed by atoms with Gasteiger partial charge in [0.15, 0.2) is 0 Å². The Bertz CT molecular complexity index is 502. The number of benzene rings is 1. The topological polar surface area (TPSA) is 26.3 Å². The molecule has 0 aliphatic heterocycles. The van der Waals surface area contributed by atoms with Crippen LogP contribution in [0.3, 0.4) is 0 Å². The summed E-state index contributed by atoms with van der Waals surface area (Å²) in [6, 6.07) is 9.01. The number of carbonyl (C=O) groups is 1. The molecule has 2 saturated carbocycles. The number of ketones is 1. The lowest BCUT2D eigenvalue weighted by atomic mass is 9.93. The number of rotatable bonds is 6. The van der Waals surface area contributed by atoms with Crippen molar-refractivity contribution >= 4 is 5.78 Å². The Morgan fingerprint density at radius 1 is 1.36 bits per heavy atom. The summed E-state index contributed by atoms with van der Waals surface area (Å²) in [5, 5.41) is 0. The van der Waals surface area contributed by atoms with Gasteiger partial charge in [-0.05, 0) is 81.5 Å². The molecule has 2 fully saturated rings. The van der Waals surface area contributed by atoms with E-state index in [4.69, 9.17) is 4.74 Å². The van der Waals surface area contributed by atoms with Gasteiger partial charge in [0.05, 0.1) is 6.10 Å². The van der Waals surface area contributed by atoms with Crippen molar-refractivity contribution in [2.75, 3.05) is 0 Å². The van der Waals surface area contributed by atoms with Crippen molar-refractivity contribution in [1.29, 1.82) is 0 Å². The first-order chi connectivity index (χ1) is 10.7. The highest BCUT2D eigenvalue weighted by atomic mass is 16.5. The van der Waals surface area contributed by atoms with Crippen molar-refractivity contribution in [2.45, 2.75) is 64.4 Å². The molecule has 0 amide bonds. The summed E-state index contributed by atoms with van der Waals surface area (Å²) in [6.07, 6.45) is 11.1. The highest BCUT2D eigenvalue weighted by Crippen LogP contribution is 2.33. The van der Waals surface area contributed by atoms with Crippen LogP contribution >= 0.6 is 0 Å². The number of hydrogen-bond donors (Lipinski definition) is 0. The molecule has 0 heterocycles. The van der Waals surface area contributed by atoms with Crippen molar-refractivity contribution in [3.05, 3.63) is 36.2 Å². The molecule has 3 rings (SSSR count). The van der Waals surface area contributed by atoms with Gasteiger partial charge in [-0.15, -0.1) is 0 Å². The molecule has 2 heteroatoms. The Labute approximate surface area is 134 Å². The minimum absolute atomic E-state index is 0.204. The zero-order valence-electron chi connectivity index (χ0n) is 13.5. The Morgan fingerprint density at radius 2 is 2.27 bits per heavy atom. The van der Waals surface area contributed by atoms with E-state index in [2.05, 4.69) is 12.5 Å². The zero-order chi connectivity index (χ0) is 15.4. The normalized spacial score (nSPS) is 25.5. The van der Waals surface area contributed by atoms with E-state index in [1.54, 1.807) is 0 Å². The average molecular weight is 298 g/mol. The van der Waals surface area contributed by atoms with Crippen LogP contribution in [-0.4, -0.2) is 11.9 Å². The third-order valence-electron chi connectivity index (χ3n) is 5.14. The van der Waals surface area contributed by atoms with Crippen LogP contribution in [0.4, 0.5) is 0 Å². The van der Waals surface area contributed by atoms with Crippen LogP contribution in [0, 0.1) is 31.2 Å². The molecule has 1 aromatic carbocycles. The third kappa shape index (κ3) is 4.12. The standard InChI is InChI=1S/C20H26O2/c1-15-5-4-8-18(13-15)22-19-11-10-17(14-19)20(21)12-9-16-6-2-3-7-16/h2,4,8,13,16-17,19H,3,6-7,9-12,14H2,1H3. The van der Waals surface area contributed by atoms with Gasteiger partial charge < -0.3 is 4.74 Å². The Morgan fingerprint density at radius 3 is 3.05 bits per heavy atom. The van der Waals surface area contributed by atoms with Crippen LogP contribution in [0.2, 0.25) is 0 Å². The number of aryl methyl sites for hydroxylation is 1. The molecule has 2 aliphatic rings. The highest BCUT2D eigenvalue weighted by molar-refractivity contribution is 5.81. The second-order valence-electron chi connectivity index (χ2n) is 6.93. The highest BCUT2D eigenvalue weighted by Gasteiger charge is 2.31. The molecule has 2 aliphatic carbocycles. The van der Waals surface area contributed by atoms with E-state index in [9.17, 15) is 4.79 Å². The SMILES string of the molecule is Cc1[c]ccc(OC2CCC(C(=O)CCC3C[CH]CC3)C2)c1. The molecule has 3 atom stereocenters. The molecule has 0 spiro atoms. The maximum atomic E-state index is 12.4. The monoisotopic (exact) mass is 298 g/mol. The lowest BCUT2D eigenvalue weighted by molar-refractivity contribution is -0.123. The van der Waals surface area contributed by atoms with Crippen molar-refractivity contribution in [3.63, 3.8) is 0 Å². The lowest BCUT2D eigenvalue weighted by Gasteiger charge is -2.15. The zero-order valence-corrected chi connectivity index (χ0v) is 13.5. The van der Waals surface area contributed by atoms with E-state index in [-0.39, 0.29) is 12.0 Å². The number of carbonyl (C=O) groups excluding carboxylic acids is 1. The van der Waals surface area contributed by atoms with Crippen LogP contribution < -0.4 is 4.74 Å². The summed E-state index contributed by atoms with van der Waals surface area (Å²) < 4.78 is 6.04. The van der Waals surface area contributed by atoms with Gasteiger partial charge in [-0.3, -0.25) is 4.79 Å². The molecular formula is C20H26O2. The minimum atomic E-state index is 0.204. The molecule has 0 aromatic heterocycles. The van der Waals surface area contributed by atoms with Gasteiger partial charge in [-0.2, -0.15) is 0 Å². The first-order valence-electron chi connectivity index (χ1n) is 8.70. The fraction of sp³-hybridized carbons (Fsp3) is 0.600. The molecule has 2 nitrogen and oxygen atoms in total. The summed E-state index contributed by atoms with van der Waals surface area (Å²) in [5.41, 5.74) is 1.09. The molecular weight excluding hydrogens is 272 g/mol. The fourth-order valence-corrected chi connectivity index (χ4v) is 3.80. The maximum absolute atomic E-state index is 12.4. The van der Waals surface area contributed by atoms with E-state index < -0.39 is 0 Å². The summed E-state index contributed by atoms with van der Waals surface area (Å²) in [6.45, 7) is 2.02. The van der Waals surface area contributed by atoms with Crippen LogP contribution in [0.1, 0.15) is 56.9 Å². The minimum Gasteiger partial charge on any atom is -0.490 e. The van der Waals surface area contributed by atoms with Gasteiger partial charge in [0, 0.05) is 12.3 Å². The Kier molecular flexibility index (Phi) is 5.17. The number of hydrogen-bond acceptors (Lipinski definition) is 2. The van der Waals surface area contributed by atoms with E-state index in [1.807, 2.05) is 25.1 Å². The van der Waals surface area contributed by atoms with Gasteiger partial charge in [0.2, 0.25) is 0 Å². The first kappa shape index (κ1) is 15.6. The van der Waals surface area contributed by atoms with Gasteiger partial charge in [0.1, 0.15) is 11.5 Å². The largest absolute Gasteiger partial charge is 0.490 e. The molecule has 0 saturated heterocycles. The van der Waals surface area contributed by atoms with E-state index in [0.29, 0.717) is 5.78 Å². The summed E-state index contributed by atoms with van der Waals surface area (Å²) >= 11 is 0. The molecule has 1 aromatic rings. The maximum Gasteiger partial charge on any atom is 0.136 e. The Hall–Kier alpha value is -1.31. The van der Waals surface area contributed by atoms with Crippen molar-refractivity contribution in [1.82, 2.24) is 0 Å². The number of ether oxygens (including phenoxy) is 1. The number of Topliss-reactive ketones (excluding diaryl/α,β-unsaturated/α-hetero) is 1. The molecule has 0 N–H and O–H groups in total. The molecule has 2 radical (unpaired) electrons. The quantitative estimate of drug-likeness (QED) is 0.761. The van der Waals surface area contributed by atoms with Crippen molar-refractivity contribution < 1.29 is 9.53 Å². The molecule has 0 bridgehead atoms. The van der Waals surface area contributed by atoms with Crippen LogP contribution in [0.15, 0.2) is 18.2 Å². The van der Waals surface area contributed by atoms with Gasteiger partial charge in [0.25, 0.3) is 0 Å². The van der Waals surface area contributed by atoms with E-state index in [1.165, 1.54) is 19.3 Å². The summed E-state index contributed by atoms with van der Waals surface area (Å²) in [4.78, 5) is 12.4. The fourth-order valence-electron chi connectivity index (χ4n) is 3.80. The van der Waals surface area contributed by atoms with Gasteiger partial charge in [-0.1, -0.05) is 12.5 Å². The third-order valence-corrected chi connectivity index (χ3v) is 5.14. The molecule has 118 valence electrons. The average Bonchev–Trinajstić information content (AvgIpc) is 3.16. The van der Waals surface area contributed by atoms with Crippen LogP contribution in [-0.2, 0) is 4.79 Å². The van der Waals surface area contributed by atoms with E-state index >= 15 is 0 Å². The predicted octanol–water partition coefficient (Wildman–Crippen LogP) is 4.70. The lowest BCUT2D eigenvalue weighted by Crippen LogP contribution is -2.16. The smallest absolute Gasteiger partial charge is 0.136 e. The molecule has 22 heavy (non-hydrogen) atoms.